The molecule has 6 heteroatoms. The first-order chi connectivity index (χ1) is 14.7. The van der Waals surface area contributed by atoms with E-state index in [1.165, 1.54) is 32.4 Å². The van der Waals surface area contributed by atoms with Gasteiger partial charge in [0.15, 0.2) is 11.5 Å². The van der Waals surface area contributed by atoms with E-state index in [0.29, 0.717) is 36.9 Å². The Morgan fingerprint density at radius 1 is 1.00 bits per heavy atom. The average molecular weight is 411 g/mol. The van der Waals surface area contributed by atoms with Gasteiger partial charge in [-0.3, -0.25) is 9.69 Å². The molecule has 2 aromatic rings. The highest BCUT2D eigenvalue weighted by atomic mass is 16.5. The summed E-state index contributed by atoms with van der Waals surface area (Å²) >= 11 is 0. The quantitative estimate of drug-likeness (QED) is 0.771. The van der Waals surface area contributed by atoms with E-state index in [4.69, 9.17) is 14.2 Å². The number of rotatable bonds is 6. The smallest absolute Gasteiger partial charge is 0.256 e. The van der Waals surface area contributed by atoms with E-state index < -0.39 is 0 Å². The molecule has 1 saturated heterocycles. The maximum atomic E-state index is 12.8. The molecule has 0 saturated carbocycles. The second kappa shape index (κ2) is 9.85. The van der Waals surface area contributed by atoms with Crippen LogP contribution in [0.4, 0.5) is 5.69 Å². The number of anilines is 1. The van der Waals surface area contributed by atoms with Crippen molar-refractivity contribution in [2.24, 2.45) is 0 Å². The zero-order valence-corrected chi connectivity index (χ0v) is 17.6. The van der Waals surface area contributed by atoms with Crippen molar-refractivity contribution in [3.05, 3.63) is 47.5 Å². The number of likely N-dealkylation sites (tertiary alicyclic amines) is 1. The van der Waals surface area contributed by atoms with Crippen LogP contribution >= 0.6 is 0 Å². The summed E-state index contributed by atoms with van der Waals surface area (Å²) in [5.74, 6) is 1.98. The minimum Gasteiger partial charge on any atom is -0.492 e. The molecule has 0 radical (unpaired) electrons. The summed E-state index contributed by atoms with van der Waals surface area (Å²) in [4.78, 5) is 15.2. The summed E-state index contributed by atoms with van der Waals surface area (Å²) in [5, 5.41) is 2.96. The Labute approximate surface area is 178 Å². The standard InChI is InChI=1S/C24H30N2O4/c1-18-16-22-23(30-14-5-13-29-22)17-21(18)24(27)25-19-6-8-20(9-7-19)28-15-12-26-10-3-2-4-11-26/h6-9,16-17H,2-5,10-15H2,1H3,(H,25,27). The van der Waals surface area contributed by atoms with Gasteiger partial charge in [0.05, 0.1) is 13.2 Å². The van der Waals surface area contributed by atoms with Gasteiger partial charge in [-0.2, -0.15) is 0 Å². The van der Waals surface area contributed by atoms with E-state index in [1.54, 1.807) is 6.07 Å². The van der Waals surface area contributed by atoms with Crippen LogP contribution in [-0.2, 0) is 0 Å². The number of fused-ring (bicyclic) bond motifs is 1. The molecule has 0 aliphatic carbocycles. The van der Waals surface area contributed by atoms with Crippen molar-refractivity contribution >= 4 is 11.6 Å². The van der Waals surface area contributed by atoms with Gasteiger partial charge in [-0.1, -0.05) is 6.42 Å². The molecule has 6 nitrogen and oxygen atoms in total. The van der Waals surface area contributed by atoms with Crippen LogP contribution < -0.4 is 19.5 Å². The van der Waals surface area contributed by atoms with Gasteiger partial charge in [0.2, 0.25) is 0 Å². The van der Waals surface area contributed by atoms with Crippen LogP contribution in [0.25, 0.3) is 0 Å². The third-order valence-corrected chi connectivity index (χ3v) is 5.58. The van der Waals surface area contributed by atoms with Gasteiger partial charge in [-0.25, -0.2) is 0 Å². The molecule has 1 N–H and O–H groups in total. The van der Waals surface area contributed by atoms with E-state index >= 15 is 0 Å². The molecule has 0 aromatic heterocycles. The Morgan fingerprint density at radius 3 is 2.43 bits per heavy atom. The maximum Gasteiger partial charge on any atom is 0.256 e. The molecule has 2 heterocycles. The van der Waals surface area contributed by atoms with Crippen LogP contribution in [-0.4, -0.2) is 50.3 Å². The van der Waals surface area contributed by atoms with Gasteiger partial charge in [0.25, 0.3) is 5.91 Å². The molecule has 2 aliphatic heterocycles. The van der Waals surface area contributed by atoms with Gasteiger partial charge in [0.1, 0.15) is 12.4 Å². The van der Waals surface area contributed by atoms with Crippen molar-refractivity contribution in [1.82, 2.24) is 4.90 Å². The summed E-state index contributed by atoms with van der Waals surface area (Å²) in [6.45, 7) is 7.12. The van der Waals surface area contributed by atoms with Crippen molar-refractivity contribution in [1.29, 1.82) is 0 Å². The van der Waals surface area contributed by atoms with Crippen molar-refractivity contribution < 1.29 is 19.0 Å². The molecule has 2 aliphatic rings. The number of aryl methyl sites for hydroxylation is 1. The third kappa shape index (κ3) is 5.25. The number of carbonyl (C=O) groups excluding carboxylic acids is 1. The molecule has 4 rings (SSSR count). The van der Waals surface area contributed by atoms with Crippen LogP contribution in [0.2, 0.25) is 0 Å². The fourth-order valence-corrected chi connectivity index (χ4v) is 3.86. The van der Waals surface area contributed by atoms with Gasteiger partial charge < -0.3 is 19.5 Å². The van der Waals surface area contributed by atoms with Crippen molar-refractivity contribution in [2.45, 2.75) is 32.6 Å². The minimum absolute atomic E-state index is 0.165. The number of hydrogen-bond donors (Lipinski definition) is 1. The first-order valence-electron chi connectivity index (χ1n) is 10.9. The number of benzene rings is 2. The lowest BCUT2D eigenvalue weighted by atomic mass is 10.1. The summed E-state index contributed by atoms with van der Waals surface area (Å²) in [7, 11) is 0. The third-order valence-electron chi connectivity index (χ3n) is 5.58. The van der Waals surface area contributed by atoms with Gasteiger partial charge in [-0.15, -0.1) is 0 Å². The minimum atomic E-state index is -0.165. The zero-order valence-electron chi connectivity index (χ0n) is 17.6. The van der Waals surface area contributed by atoms with E-state index in [1.807, 2.05) is 37.3 Å². The number of ether oxygens (including phenoxy) is 3. The summed E-state index contributed by atoms with van der Waals surface area (Å²) in [6, 6.07) is 11.2. The van der Waals surface area contributed by atoms with Gasteiger partial charge >= 0.3 is 0 Å². The summed E-state index contributed by atoms with van der Waals surface area (Å²) in [6.07, 6.45) is 4.76. The lowest BCUT2D eigenvalue weighted by Gasteiger charge is -2.26. The lowest BCUT2D eigenvalue weighted by Crippen LogP contribution is -2.33. The second-order valence-corrected chi connectivity index (χ2v) is 7.89. The van der Waals surface area contributed by atoms with Crippen LogP contribution in [0.5, 0.6) is 17.2 Å². The fourth-order valence-electron chi connectivity index (χ4n) is 3.86. The van der Waals surface area contributed by atoms with Crippen LogP contribution in [0.15, 0.2) is 36.4 Å². The number of hydrogen-bond acceptors (Lipinski definition) is 5. The normalized spacial score (nSPS) is 16.6. The Morgan fingerprint density at radius 2 is 1.70 bits per heavy atom. The number of carbonyl (C=O) groups is 1. The van der Waals surface area contributed by atoms with E-state index in [-0.39, 0.29) is 5.91 Å². The molecule has 1 fully saturated rings. The Hall–Kier alpha value is -2.73. The number of piperidine rings is 1. The molecule has 160 valence electrons. The lowest BCUT2D eigenvalue weighted by molar-refractivity contribution is 0.102. The SMILES string of the molecule is Cc1cc2c(cc1C(=O)Nc1ccc(OCCN3CCCCC3)cc1)OCCCO2. The molecule has 30 heavy (non-hydrogen) atoms. The Kier molecular flexibility index (Phi) is 6.74. The van der Waals surface area contributed by atoms with Gasteiger partial charge in [0, 0.05) is 24.2 Å². The van der Waals surface area contributed by atoms with E-state index in [9.17, 15) is 4.79 Å². The average Bonchev–Trinajstić information content (AvgIpc) is 3.00. The molecule has 0 spiro atoms. The predicted octanol–water partition coefficient (Wildman–Crippen LogP) is 4.27. The Balaban J connectivity index is 1.33. The van der Waals surface area contributed by atoms with Crippen LogP contribution in [0.1, 0.15) is 41.6 Å². The van der Waals surface area contributed by atoms with E-state index in [2.05, 4.69) is 10.2 Å². The highest BCUT2D eigenvalue weighted by Gasteiger charge is 2.17. The second-order valence-electron chi connectivity index (χ2n) is 7.89. The van der Waals surface area contributed by atoms with Gasteiger partial charge in [-0.05, 0) is 74.8 Å². The first-order valence-corrected chi connectivity index (χ1v) is 10.9. The molecular formula is C24H30N2O4. The number of nitrogens with zero attached hydrogens (tertiary/aromatic N) is 1. The monoisotopic (exact) mass is 410 g/mol. The first kappa shape index (κ1) is 20.5. The number of nitrogens with one attached hydrogen (secondary N) is 1. The van der Waals surface area contributed by atoms with Crippen molar-refractivity contribution in [3.63, 3.8) is 0 Å². The highest BCUT2D eigenvalue weighted by Crippen LogP contribution is 2.33. The van der Waals surface area contributed by atoms with E-state index in [0.717, 1.165) is 30.0 Å². The summed E-state index contributed by atoms with van der Waals surface area (Å²) in [5.41, 5.74) is 2.17. The Bertz CT molecular complexity index is 860. The van der Waals surface area contributed by atoms with Crippen molar-refractivity contribution in [2.75, 3.05) is 44.8 Å². The maximum absolute atomic E-state index is 12.8. The topological polar surface area (TPSA) is 60.0 Å². The molecule has 0 bridgehead atoms. The molecule has 1 amide bonds. The van der Waals surface area contributed by atoms with Crippen molar-refractivity contribution in [3.8, 4) is 17.2 Å². The molecular weight excluding hydrogens is 380 g/mol. The molecule has 0 unspecified atom stereocenters. The van der Waals surface area contributed by atoms with Crippen LogP contribution in [0, 0.1) is 6.92 Å². The zero-order chi connectivity index (χ0) is 20.8. The predicted molar refractivity (Wildman–Crippen MR) is 117 cm³/mol. The van der Waals surface area contributed by atoms with Crippen LogP contribution in [0.3, 0.4) is 0 Å². The fraction of sp³-hybridized carbons (Fsp3) is 0.458. The highest BCUT2D eigenvalue weighted by molar-refractivity contribution is 6.05. The summed E-state index contributed by atoms with van der Waals surface area (Å²) < 4.78 is 17.3. The largest absolute Gasteiger partial charge is 0.492 e. The number of amides is 1. The molecule has 0 atom stereocenters. The molecule has 2 aromatic carbocycles.